The summed E-state index contributed by atoms with van der Waals surface area (Å²) in [7, 11) is 0. The van der Waals surface area contributed by atoms with Crippen molar-refractivity contribution in [3.63, 3.8) is 0 Å². The maximum Gasteiger partial charge on any atom is 0.418 e. The van der Waals surface area contributed by atoms with Gasteiger partial charge in [-0.05, 0) is 70.9 Å². The van der Waals surface area contributed by atoms with E-state index in [-0.39, 0.29) is 18.0 Å². The molecule has 5 rings (SSSR count). The first-order chi connectivity index (χ1) is 15.4. The minimum atomic E-state index is -4.72. The molecular weight excluding hydrogens is 457 g/mol. The highest BCUT2D eigenvalue weighted by molar-refractivity contribution is 5.92. The highest BCUT2D eigenvalue weighted by atomic mass is 35.5. The zero-order valence-corrected chi connectivity index (χ0v) is 18.7. The standard InChI is InChI=1S/C23H25F3N4O2.ClH/c24-23(25,26)22(31)16-4-1-3-15(9-16)17-10-19-21(29-32-28-19)20(11-17)30-8-7-14(13-30)12-27-18-5-2-6-18;/h1,3-4,9-11,14,18,22,27,31H,2,5-8,12-13H2;1H/t14-,22?;/m0./s1. The SMILES string of the molecule is OC(c1cccc(-c2cc(N3CC[C@@H](C[NH2+]C4CCC4)C3)c3nonc3c2)c1)C(F)(F)F.[Cl-]. The van der Waals surface area contributed by atoms with Gasteiger partial charge in [0.1, 0.15) is 5.52 Å². The van der Waals surface area contributed by atoms with Crippen molar-refractivity contribution in [1.82, 2.24) is 10.3 Å². The molecule has 0 radical (unpaired) electrons. The first-order valence-electron chi connectivity index (χ1n) is 11.1. The number of aliphatic hydroxyl groups is 1. The molecule has 1 aliphatic heterocycles. The molecule has 2 fully saturated rings. The maximum absolute atomic E-state index is 13.0. The van der Waals surface area contributed by atoms with Crippen LogP contribution in [0.2, 0.25) is 0 Å². The van der Waals surface area contributed by atoms with Crippen LogP contribution in [0.15, 0.2) is 41.0 Å². The molecule has 1 unspecified atom stereocenters. The van der Waals surface area contributed by atoms with Crippen LogP contribution in [0.4, 0.5) is 18.9 Å². The summed E-state index contributed by atoms with van der Waals surface area (Å²) in [5, 5.41) is 20.2. The number of alkyl halides is 3. The lowest BCUT2D eigenvalue weighted by molar-refractivity contribution is -0.703. The Bertz CT molecular complexity index is 1100. The molecule has 6 nitrogen and oxygen atoms in total. The van der Waals surface area contributed by atoms with Crippen molar-refractivity contribution in [3.05, 3.63) is 42.0 Å². The molecule has 1 aliphatic carbocycles. The monoisotopic (exact) mass is 482 g/mol. The third kappa shape index (κ3) is 4.95. The average Bonchev–Trinajstić information content (AvgIpc) is 3.40. The zero-order valence-electron chi connectivity index (χ0n) is 17.9. The molecule has 0 bridgehead atoms. The van der Waals surface area contributed by atoms with Gasteiger partial charge in [-0.2, -0.15) is 13.2 Å². The van der Waals surface area contributed by atoms with Gasteiger partial charge in [0.05, 0.1) is 18.3 Å². The smallest absolute Gasteiger partial charge is 0.418 e. The van der Waals surface area contributed by atoms with Crippen molar-refractivity contribution in [1.29, 1.82) is 0 Å². The number of nitrogens with zero attached hydrogens (tertiary/aromatic N) is 3. The number of halogens is 4. The fourth-order valence-electron chi connectivity index (χ4n) is 4.66. The Morgan fingerprint density at radius 1 is 1.12 bits per heavy atom. The van der Waals surface area contributed by atoms with Crippen molar-refractivity contribution in [2.45, 2.75) is 44.0 Å². The normalized spacial score (nSPS) is 20.0. The lowest BCUT2D eigenvalue weighted by Gasteiger charge is -2.25. The van der Waals surface area contributed by atoms with Crippen LogP contribution in [0.1, 0.15) is 37.4 Å². The summed E-state index contributed by atoms with van der Waals surface area (Å²) in [6.07, 6.45) is -2.19. The second-order valence-corrected chi connectivity index (χ2v) is 8.96. The minimum Gasteiger partial charge on any atom is -1.00 e. The maximum atomic E-state index is 13.0. The molecule has 3 aromatic rings. The number of hydrogen-bond donors (Lipinski definition) is 2. The Morgan fingerprint density at radius 2 is 1.94 bits per heavy atom. The van der Waals surface area contributed by atoms with Crippen LogP contribution in [0.3, 0.4) is 0 Å². The third-order valence-corrected chi connectivity index (χ3v) is 6.77. The number of rotatable bonds is 6. The molecule has 3 N–H and O–H groups in total. The summed E-state index contributed by atoms with van der Waals surface area (Å²) in [4.78, 5) is 2.27. The van der Waals surface area contributed by atoms with E-state index in [0.717, 1.165) is 37.8 Å². The highest BCUT2D eigenvalue weighted by Crippen LogP contribution is 2.37. The van der Waals surface area contributed by atoms with E-state index in [1.165, 1.54) is 37.5 Å². The molecule has 0 spiro atoms. The van der Waals surface area contributed by atoms with Gasteiger partial charge in [-0.1, -0.05) is 18.2 Å². The van der Waals surface area contributed by atoms with Crippen LogP contribution in [0.5, 0.6) is 0 Å². The topological polar surface area (TPSA) is 79.0 Å². The van der Waals surface area contributed by atoms with Crippen LogP contribution in [0.25, 0.3) is 22.2 Å². The number of nitrogens with two attached hydrogens (primary N) is 1. The fourth-order valence-corrected chi connectivity index (χ4v) is 4.66. The van der Waals surface area contributed by atoms with Gasteiger partial charge in [-0.3, -0.25) is 0 Å². The van der Waals surface area contributed by atoms with Crippen molar-refractivity contribution in [3.8, 4) is 11.1 Å². The van der Waals surface area contributed by atoms with E-state index in [0.29, 0.717) is 28.1 Å². The summed E-state index contributed by atoms with van der Waals surface area (Å²) in [5.41, 5.74) is 3.19. The molecule has 178 valence electrons. The van der Waals surface area contributed by atoms with E-state index < -0.39 is 12.3 Å². The van der Waals surface area contributed by atoms with Crippen molar-refractivity contribution in [2.24, 2.45) is 5.92 Å². The van der Waals surface area contributed by atoms with Gasteiger partial charge in [0.15, 0.2) is 11.6 Å². The quantitative estimate of drug-likeness (QED) is 0.533. The molecule has 1 aromatic heterocycles. The van der Waals surface area contributed by atoms with E-state index >= 15 is 0 Å². The summed E-state index contributed by atoms with van der Waals surface area (Å²) in [5.74, 6) is 0.583. The Labute approximate surface area is 195 Å². The Kier molecular flexibility index (Phi) is 6.83. The molecule has 2 heterocycles. The van der Waals surface area contributed by atoms with Gasteiger partial charge >= 0.3 is 6.18 Å². The Balaban J connectivity index is 0.00000259. The molecule has 1 saturated carbocycles. The van der Waals surface area contributed by atoms with Gasteiger partial charge < -0.3 is 27.7 Å². The average molecular weight is 483 g/mol. The Morgan fingerprint density at radius 3 is 2.67 bits per heavy atom. The predicted octanol–water partition coefficient (Wildman–Crippen LogP) is 0.432. The van der Waals surface area contributed by atoms with Crippen LogP contribution in [0, 0.1) is 5.92 Å². The number of aromatic nitrogens is 2. The number of aliphatic hydroxyl groups excluding tert-OH is 1. The molecule has 2 aliphatic rings. The number of anilines is 1. The third-order valence-electron chi connectivity index (χ3n) is 6.77. The zero-order chi connectivity index (χ0) is 22.3. The van der Waals surface area contributed by atoms with Crippen LogP contribution < -0.4 is 22.6 Å². The Hall–Kier alpha value is -2.36. The summed E-state index contributed by atoms with van der Waals surface area (Å²) in [6.45, 7) is 2.90. The van der Waals surface area contributed by atoms with E-state index in [2.05, 4.69) is 20.5 Å². The fraction of sp³-hybridized carbons (Fsp3) is 0.478. The van der Waals surface area contributed by atoms with Crippen LogP contribution >= 0.6 is 0 Å². The summed E-state index contributed by atoms with van der Waals surface area (Å²) < 4.78 is 43.9. The number of benzene rings is 2. The predicted molar refractivity (Wildman–Crippen MR) is 113 cm³/mol. The molecule has 1 saturated heterocycles. The first-order valence-corrected chi connectivity index (χ1v) is 11.1. The van der Waals surface area contributed by atoms with Gasteiger partial charge in [-0.15, -0.1) is 0 Å². The van der Waals surface area contributed by atoms with Crippen molar-refractivity contribution < 1.29 is 40.6 Å². The van der Waals surface area contributed by atoms with E-state index in [4.69, 9.17) is 4.63 Å². The summed E-state index contributed by atoms with van der Waals surface area (Å²) in [6, 6.07) is 10.4. The minimum absolute atomic E-state index is 0. The largest absolute Gasteiger partial charge is 1.00 e. The lowest BCUT2D eigenvalue weighted by atomic mass is 9.92. The van der Waals surface area contributed by atoms with Crippen LogP contribution in [-0.4, -0.2) is 47.3 Å². The molecule has 2 atom stereocenters. The summed E-state index contributed by atoms with van der Waals surface area (Å²) >= 11 is 0. The van der Waals surface area contributed by atoms with Crippen molar-refractivity contribution >= 4 is 16.7 Å². The van der Waals surface area contributed by atoms with Crippen molar-refractivity contribution in [2.75, 3.05) is 24.5 Å². The first kappa shape index (κ1) is 23.8. The van der Waals surface area contributed by atoms with Gasteiger partial charge in [0.25, 0.3) is 0 Å². The molecule has 10 heteroatoms. The van der Waals surface area contributed by atoms with Gasteiger partial charge in [-0.25, -0.2) is 4.63 Å². The number of quaternary nitrogens is 1. The molecular formula is C23H26ClF3N4O2. The molecule has 2 aromatic carbocycles. The second-order valence-electron chi connectivity index (χ2n) is 8.96. The van der Waals surface area contributed by atoms with Gasteiger partial charge in [0, 0.05) is 19.0 Å². The van der Waals surface area contributed by atoms with Crippen LogP contribution in [-0.2, 0) is 0 Å². The number of hydrogen-bond acceptors (Lipinski definition) is 5. The van der Waals surface area contributed by atoms with E-state index in [1.807, 2.05) is 6.07 Å². The molecule has 33 heavy (non-hydrogen) atoms. The van der Waals surface area contributed by atoms with E-state index in [1.54, 1.807) is 12.1 Å². The second kappa shape index (κ2) is 9.48. The number of fused-ring (bicyclic) bond motifs is 1. The van der Waals surface area contributed by atoms with E-state index in [9.17, 15) is 18.3 Å². The van der Waals surface area contributed by atoms with Gasteiger partial charge in [0.2, 0.25) is 0 Å². The molecule has 0 amide bonds. The lowest BCUT2D eigenvalue weighted by Crippen LogP contribution is -3.00. The highest BCUT2D eigenvalue weighted by Gasteiger charge is 2.39.